The summed E-state index contributed by atoms with van der Waals surface area (Å²) in [6.07, 6.45) is -0.270. The number of halogens is 4. The molecule has 4 nitrogen and oxygen atoms in total. The van der Waals surface area contributed by atoms with Crippen LogP contribution in [-0.2, 0) is 0 Å². The Morgan fingerprint density at radius 1 is 1.37 bits per heavy atom. The van der Waals surface area contributed by atoms with Gasteiger partial charge in [-0.3, -0.25) is 8.77 Å². The van der Waals surface area contributed by atoms with Gasteiger partial charge in [-0.1, -0.05) is 18.1 Å². The molecule has 27 heavy (non-hydrogen) atoms. The number of Topliss-reactive ketones (excluding diaryl/α,β-unsaturated/α-hetero) is 1. The van der Waals surface area contributed by atoms with Crippen LogP contribution in [0.25, 0.3) is 22.6 Å². The SMILES string of the molecule is [B]c1cc(F)c2nc(-c3cc(C(=O)/C(C=C)=C\C(F)F)cn3SF)[nH]c2c1. The van der Waals surface area contributed by atoms with Gasteiger partial charge in [0, 0.05) is 17.3 Å². The van der Waals surface area contributed by atoms with Crippen molar-refractivity contribution in [3.05, 3.63) is 60.1 Å². The van der Waals surface area contributed by atoms with Gasteiger partial charge in [-0.15, -0.1) is 3.89 Å². The van der Waals surface area contributed by atoms with Crippen molar-refractivity contribution in [3.8, 4) is 11.5 Å². The number of aromatic amines is 1. The molecule has 0 atom stereocenters. The van der Waals surface area contributed by atoms with E-state index in [1.165, 1.54) is 12.1 Å². The second-order valence-corrected chi connectivity index (χ2v) is 6.01. The van der Waals surface area contributed by atoms with Crippen molar-refractivity contribution < 1.29 is 21.9 Å². The van der Waals surface area contributed by atoms with Gasteiger partial charge in [0.2, 0.25) is 0 Å². The fraction of sp³-hybridized carbons (Fsp3) is 0.0588. The molecule has 10 heteroatoms. The molecule has 2 heterocycles. The molecule has 0 fully saturated rings. The van der Waals surface area contributed by atoms with Crippen molar-refractivity contribution in [3.63, 3.8) is 0 Å². The van der Waals surface area contributed by atoms with E-state index in [2.05, 4.69) is 16.5 Å². The summed E-state index contributed by atoms with van der Waals surface area (Å²) in [5.74, 6) is -1.34. The van der Waals surface area contributed by atoms with Gasteiger partial charge in [0.1, 0.15) is 19.2 Å². The highest BCUT2D eigenvalue weighted by molar-refractivity contribution is 7.92. The Morgan fingerprint density at radius 3 is 2.74 bits per heavy atom. The molecule has 0 unspecified atom stereocenters. The Bertz CT molecular complexity index is 1070. The molecule has 1 aromatic carbocycles. The second kappa shape index (κ2) is 7.47. The molecule has 0 saturated carbocycles. The third-order valence-corrected chi connectivity index (χ3v) is 4.17. The Kier molecular flexibility index (Phi) is 5.27. The summed E-state index contributed by atoms with van der Waals surface area (Å²) in [4.78, 5) is 19.2. The number of carbonyl (C=O) groups excluding carboxylic acids is 1. The van der Waals surface area contributed by atoms with E-state index in [0.29, 0.717) is 6.08 Å². The first-order valence-corrected chi connectivity index (χ1v) is 8.15. The highest BCUT2D eigenvalue weighted by Gasteiger charge is 2.20. The number of nitrogens with zero attached hydrogens (tertiary/aromatic N) is 2. The Hall–Kier alpha value is -2.75. The lowest BCUT2D eigenvalue weighted by Gasteiger charge is -1.98. The van der Waals surface area contributed by atoms with Crippen LogP contribution >= 0.6 is 12.3 Å². The molecule has 2 radical (unpaired) electrons. The number of alkyl halides is 2. The zero-order chi connectivity index (χ0) is 19.7. The van der Waals surface area contributed by atoms with Crippen LogP contribution in [-0.4, -0.2) is 34.0 Å². The van der Waals surface area contributed by atoms with Crippen LogP contribution in [0.5, 0.6) is 0 Å². The Balaban J connectivity index is 2.09. The number of allylic oxidation sites excluding steroid dienone is 3. The number of carbonyl (C=O) groups is 1. The number of hydrogen-bond donors (Lipinski definition) is 1. The number of imidazole rings is 1. The van der Waals surface area contributed by atoms with Crippen molar-refractivity contribution >= 4 is 42.5 Å². The monoisotopic (exact) mass is 391 g/mol. The zero-order valence-electron chi connectivity index (χ0n) is 13.5. The molecule has 0 spiro atoms. The number of fused-ring (bicyclic) bond motifs is 1. The highest BCUT2D eigenvalue weighted by atomic mass is 32.2. The predicted molar refractivity (Wildman–Crippen MR) is 97.6 cm³/mol. The topological polar surface area (TPSA) is 50.7 Å². The van der Waals surface area contributed by atoms with E-state index in [1.807, 2.05) is 0 Å². The van der Waals surface area contributed by atoms with Gasteiger partial charge in [-0.25, -0.2) is 18.2 Å². The summed E-state index contributed by atoms with van der Waals surface area (Å²) in [5, 5.41) is 0. The van der Waals surface area contributed by atoms with Crippen LogP contribution in [0, 0.1) is 5.82 Å². The largest absolute Gasteiger partial charge is 0.337 e. The van der Waals surface area contributed by atoms with Gasteiger partial charge in [0.25, 0.3) is 6.43 Å². The maximum atomic E-state index is 14.0. The van der Waals surface area contributed by atoms with Crippen LogP contribution in [0.1, 0.15) is 10.4 Å². The van der Waals surface area contributed by atoms with Crippen molar-refractivity contribution in [1.29, 1.82) is 0 Å². The quantitative estimate of drug-likeness (QED) is 0.228. The van der Waals surface area contributed by atoms with Crippen LogP contribution in [0.4, 0.5) is 17.1 Å². The Morgan fingerprint density at radius 2 is 2.11 bits per heavy atom. The summed E-state index contributed by atoms with van der Waals surface area (Å²) in [5.41, 5.74) is 0.197. The lowest BCUT2D eigenvalue weighted by molar-refractivity contribution is 0.103. The van der Waals surface area contributed by atoms with Crippen molar-refractivity contribution in [2.45, 2.75) is 6.43 Å². The molecule has 136 valence electrons. The lowest BCUT2D eigenvalue weighted by Crippen LogP contribution is -2.02. The number of H-pyrrole nitrogens is 1. The molecular weight excluding hydrogens is 381 g/mol. The highest BCUT2D eigenvalue weighted by Crippen LogP contribution is 2.28. The molecule has 2 aromatic heterocycles. The zero-order valence-corrected chi connectivity index (χ0v) is 14.4. The lowest BCUT2D eigenvalue weighted by atomic mass is 9.96. The molecule has 1 N–H and O–H groups in total. The average molecular weight is 391 g/mol. The van der Waals surface area contributed by atoms with Crippen molar-refractivity contribution in [2.24, 2.45) is 0 Å². The molecular formula is C17H10BF4N3OS. The van der Waals surface area contributed by atoms with E-state index in [-0.39, 0.29) is 51.5 Å². The van der Waals surface area contributed by atoms with E-state index < -0.39 is 18.0 Å². The van der Waals surface area contributed by atoms with E-state index in [1.54, 1.807) is 0 Å². The first-order chi connectivity index (χ1) is 12.8. The van der Waals surface area contributed by atoms with Gasteiger partial charge in [0.15, 0.2) is 23.9 Å². The predicted octanol–water partition coefficient (Wildman–Crippen LogP) is 3.91. The summed E-state index contributed by atoms with van der Waals surface area (Å²) in [7, 11) is 5.58. The van der Waals surface area contributed by atoms with Crippen LogP contribution in [0.15, 0.2) is 48.7 Å². The van der Waals surface area contributed by atoms with Crippen LogP contribution < -0.4 is 5.46 Å². The molecule has 0 amide bonds. The van der Waals surface area contributed by atoms with E-state index >= 15 is 0 Å². The first-order valence-electron chi connectivity index (χ1n) is 7.47. The number of ketones is 1. The number of benzene rings is 1. The van der Waals surface area contributed by atoms with Gasteiger partial charge in [-0.2, -0.15) is 0 Å². The fourth-order valence-electron chi connectivity index (χ4n) is 2.55. The van der Waals surface area contributed by atoms with E-state index in [4.69, 9.17) is 7.85 Å². The minimum atomic E-state index is -2.84. The molecule has 0 aliphatic rings. The van der Waals surface area contributed by atoms with E-state index in [0.717, 1.165) is 22.3 Å². The summed E-state index contributed by atoms with van der Waals surface area (Å²) < 4.78 is 53.3. The van der Waals surface area contributed by atoms with Gasteiger partial charge in [-0.05, 0) is 24.3 Å². The molecule has 3 rings (SSSR count). The summed E-state index contributed by atoms with van der Waals surface area (Å²) >= 11 is -0.228. The minimum Gasteiger partial charge on any atom is -0.337 e. The Labute approximate surface area is 156 Å². The van der Waals surface area contributed by atoms with E-state index in [9.17, 15) is 21.9 Å². The number of nitrogens with one attached hydrogen (secondary N) is 1. The standard InChI is InChI=1S/C17H10BF4N3OS/c1-2-8(4-14(20)21)16(26)9-3-13(25(7-9)27-22)17-23-12-6-10(18)5-11(19)15(12)24-17/h2-7,14H,1H2,(H,23,24)/b8-4-. The third-order valence-electron chi connectivity index (χ3n) is 3.72. The number of hydrogen-bond acceptors (Lipinski definition) is 3. The minimum absolute atomic E-state index is 0.00642. The fourth-order valence-corrected chi connectivity index (χ4v) is 2.92. The average Bonchev–Trinajstić information content (AvgIpc) is 3.22. The normalized spacial score (nSPS) is 12.1. The van der Waals surface area contributed by atoms with Crippen molar-refractivity contribution in [2.75, 3.05) is 0 Å². The molecule has 3 aromatic rings. The number of aromatic nitrogens is 3. The van der Waals surface area contributed by atoms with Gasteiger partial charge < -0.3 is 4.98 Å². The van der Waals surface area contributed by atoms with Crippen LogP contribution in [0.3, 0.4) is 0 Å². The molecule has 0 aliphatic carbocycles. The van der Waals surface area contributed by atoms with Crippen molar-refractivity contribution in [1.82, 2.24) is 13.9 Å². The maximum Gasteiger partial charge on any atom is 0.258 e. The molecule has 0 bridgehead atoms. The second-order valence-electron chi connectivity index (χ2n) is 5.48. The van der Waals surface area contributed by atoms with Crippen LogP contribution in [0.2, 0.25) is 0 Å². The molecule has 0 saturated heterocycles. The third kappa shape index (κ3) is 3.70. The summed E-state index contributed by atoms with van der Waals surface area (Å²) in [6, 6.07) is 3.81. The summed E-state index contributed by atoms with van der Waals surface area (Å²) in [6.45, 7) is 3.33. The first kappa shape index (κ1) is 19.0. The van der Waals surface area contributed by atoms with Gasteiger partial charge in [0.05, 0.1) is 11.2 Å². The maximum absolute atomic E-state index is 14.0. The van der Waals surface area contributed by atoms with Gasteiger partial charge >= 0.3 is 0 Å². The number of rotatable bonds is 6. The molecule has 0 aliphatic heterocycles. The smallest absolute Gasteiger partial charge is 0.258 e.